The number of hydrogen-bond donors (Lipinski definition) is 2. The van der Waals surface area contributed by atoms with Gasteiger partial charge in [0.05, 0.1) is 12.1 Å². The quantitative estimate of drug-likeness (QED) is 0.190. The molecule has 0 aliphatic heterocycles. The minimum atomic E-state index is -0.543. The number of benzene rings is 5. The van der Waals surface area contributed by atoms with Gasteiger partial charge in [0.15, 0.2) is 0 Å². The lowest BCUT2D eigenvalue weighted by molar-refractivity contribution is -0.115. The van der Waals surface area contributed by atoms with E-state index in [-0.39, 0.29) is 11.8 Å². The number of anilines is 2. The standard InChI is InChI=1S/C32H25ClN2O3S/c1-38-29-17-16-26(20-28(29)33)35-32(37)30(22-9-3-2-4-10-22)39-27-13-7-12-25(19-27)34-31(36)24-15-14-21-8-5-6-11-23(21)18-24/h2-20,30H,1H3,(H,34,36)(H,35,37). The zero-order chi connectivity index (χ0) is 27.2. The van der Waals surface area contributed by atoms with E-state index in [2.05, 4.69) is 10.6 Å². The van der Waals surface area contributed by atoms with Gasteiger partial charge in [-0.2, -0.15) is 0 Å². The molecule has 0 spiro atoms. The minimum Gasteiger partial charge on any atom is -0.495 e. The van der Waals surface area contributed by atoms with Gasteiger partial charge < -0.3 is 15.4 Å². The van der Waals surface area contributed by atoms with Crippen LogP contribution in [0.25, 0.3) is 10.8 Å². The molecule has 2 N–H and O–H groups in total. The molecule has 7 heteroatoms. The number of nitrogens with one attached hydrogen (secondary N) is 2. The van der Waals surface area contributed by atoms with Crippen LogP contribution >= 0.6 is 23.4 Å². The van der Waals surface area contributed by atoms with Crippen LogP contribution in [0.2, 0.25) is 5.02 Å². The number of carbonyl (C=O) groups is 2. The Balaban J connectivity index is 1.35. The van der Waals surface area contributed by atoms with Gasteiger partial charge in [-0.05, 0) is 64.9 Å². The highest BCUT2D eigenvalue weighted by Crippen LogP contribution is 2.38. The van der Waals surface area contributed by atoms with Crippen LogP contribution in [0.15, 0.2) is 120 Å². The highest BCUT2D eigenvalue weighted by molar-refractivity contribution is 8.00. The number of methoxy groups -OCH3 is 1. The number of fused-ring (bicyclic) bond motifs is 1. The van der Waals surface area contributed by atoms with Crippen LogP contribution in [0, 0.1) is 0 Å². The van der Waals surface area contributed by atoms with Crippen LogP contribution in [0.3, 0.4) is 0 Å². The summed E-state index contributed by atoms with van der Waals surface area (Å²) in [6.07, 6.45) is 0. The van der Waals surface area contributed by atoms with Crippen molar-refractivity contribution in [2.45, 2.75) is 10.1 Å². The molecule has 2 amide bonds. The lowest BCUT2D eigenvalue weighted by Gasteiger charge is -2.18. The number of amides is 2. The summed E-state index contributed by atoms with van der Waals surface area (Å²) in [6, 6.07) is 35.7. The maximum atomic E-state index is 13.5. The van der Waals surface area contributed by atoms with Gasteiger partial charge in [-0.3, -0.25) is 9.59 Å². The van der Waals surface area contributed by atoms with Gasteiger partial charge in [-0.1, -0.05) is 78.3 Å². The monoisotopic (exact) mass is 552 g/mol. The number of rotatable bonds is 8. The molecule has 0 bridgehead atoms. The van der Waals surface area contributed by atoms with Crippen molar-refractivity contribution in [2.75, 3.05) is 17.7 Å². The van der Waals surface area contributed by atoms with Crippen molar-refractivity contribution >= 4 is 57.3 Å². The predicted octanol–water partition coefficient (Wildman–Crippen LogP) is 8.23. The molecule has 0 aliphatic rings. The third kappa shape index (κ3) is 6.42. The summed E-state index contributed by atoms with van der Waals surface area (Å²) in [5.41, 5.74) is 2.65. The smallest absolute Gasteiger partial charge is 0.255 e. The van der Waals surface area contributed by atoms with Crippen molar-refractivity contribution in [3.63, 3.8) is 0 Å². The molecular weight excluding hydrogens is 528 g/mol. The second kappa shape index (κ2) is 12.1. The third-order valence-corrected chi connectivity index (χ3v) is 7.66. The number of ether oxygens (including phenoxy) is 1. The van der Waals surface area contributed by atoms with Gasteiger partial charge in [0.25, 0.3) is 5.91 Å². The molecule has 0 saturated carbocycles. The lowest BCUT2D eigenvalue weighted by Crippen LogP contribution is -2.19. The largest absolute Gasteiger partial charge is 0.495 e. The fraction of sp³-hybridized carbons (Fsp3) is 0.0625. The third-order valence-electron chi connectivity index (χ3n) is 6.12. The van der Waals surface area contributed by atoms with E-state index in [1.165, 1.54) is 11.8 Å². The summed E-state index contributed by atoms with van der Waals surface area (Å²) in [5.74, 6) is 0.140. The molecule has 0 heterocycles. The zero-order valence-electron chi connectivity index (χ0n) is 21.1. The van der Waals surface area contributed by atoms with E-state index in [1.54, 1.807) is 25.3 Å². The Kier molecular flexibility index (Phi) is 8.16. The molecule has 0 saturated heterocycles. The van der Waals surface area contributed by atoms with E-state index in [4.69, 9.17) is 16.3 Å². The molecule has 5 nitrogen and oxygen atoms in total. The zero-order valence-corrected chi connectivity index (χ0v) is 22.6. The highest BCUT2D eigenvalue weighted by atomic mass is 35.5. The first kappa shape index (κ1) is 26.4. The summed E-state index contributed by atoms with van der Waals surface area (Å²) in [7, 11) is 1.54. The van der Waals surface area contributed by atoms with Gasteiger partial charge in [-0.15, -0.1) is 11.8 Å². The van der Waals surface area contributed by atoms with Gasteiger partial charge in [0.1, 0.15) is 11.0 Å². The highest BCUT2D eigenvalue weighted by Gasteiger charge is 2.23. The molecule has 1 atom stereocenters. The normalized spacial score (nSPS) is 11.5. The lowest BCUT2D eigenvalue weighted by atomic mass is 10.1. The Morgan fingerprint density at radius 1 is 0.744 bits per heavy atom. The van der Waals surface area contributed by atoms with Gasteiger partial charge in [0.2, 0.25) is 5.91 Å². The fourth-order valence-corrected chi connectivity index (χ4v) is 5.51. The van der Waals surface area contributed by atoms with Crippen molar-refractivity contribution in [3.8, 4) is 5.75 Å². The van der Waals surface area contributed by atoms with E-state index in [0.717, 1.165) is 21.2 Å². The van der Waals surface area contributed by atoms with Crippen molar-refractivity contribution in [1.29, 1.82) is 0 Å². The van der Waals surface area contributed by atoms with Crippen LogP contribution in [0.4, 0.5) is 11.4 Å². The SMILES string of the molecule is COc1ccc(NC(=O)C(Sc2cccc(NC(=O)c3ccc4ccccc4c3)c2)c2ccccc2)cc1Cl. The molecule has 5 aromatic rings. The first-order valence-electron chi connectivity index (χ1n) is 12.3. The van der Waals surface area contributed by atoms with Gasteiger partial charge >= 0.3 is 0 Å². The molecule has 0 aliphatic carbocycles. The Hall–Kier alpha value is -4.26. The van der Waals surface area contributed by atoms with Crippen molar-refractivity contribution in [2.24, 2.45) is 0 Å². The Labute approximate surface area is 236 Å². The van der Waals surface area contributed by atoms with Gasteiger partial charge in [0, 0.05) is 21.8 Å². The van der Waals surface area contributed by atoms with Crippen molar-refractivity contribution < 1.29 is 14.3 Å². The van der Waals surface area contributed by atoms with E-state index >= 15 is 0 Å². The van der Waals surface area contributed by atoms with Crippen LogP contribution < -0.4 is 15.4 Å². The average Bonchev–Trinajstić information content (AvgIpc) is 2.96. The first-order valence-corrected chi connectivity index (χ1v) is 13.5. The van der Waals surface area contributed by atoms with E-state index in [1.807, 2.05) is 97.1 Å². The molecule has 0 aromatic heterocycles. The number of thioether (sulfide) groups is 1. The molecule has 0 radical (unpaired) electrons. The molecule has 5 rings (SSSR count). The summed E-state index contributed by atoms with van der Waals surface area (Å²) in [6.45, 7) is 0. The summed E-state index contributed by atoms with van der Waals surface area (Å²) in [4.78, 5) is 27.3. The Bertz CT molecular complexity index is 1640. The Morgan fingerprint density at radius 3 is 2.26 bits per heavy atom. The number of carbonyl (C=O) groups excluding carboxylic acids is 2. The summed E-state index contributed by atoms with van der Waals surface area (Å²) < 4.78 is 5.21. The summed E-state index contributed by atoms with van der Waals surface area (Å²) >= 11 is 7.65. The van der Waals surface area contributed by atoms with E-state index in [9.17, 15) is 9.59 Å². The average molecular weight is 553 g/mol. The molecule has 0 fully saturated rings. The fourth-order valence-electron chi connectivity index (χ4n) is 4.17. The minimum absolute atomic E-state index is 0.196. The molecule has 194 valence electrons. The second-order valence-electron chi connectivity index (χ2n) is 8.79. The van der Waals surface area contributed by atoms with E-state index in [0.29, 0.717) is 27.7 Å². The van der Waals surface area contributed by atoms with Crippen LogP contribution in [-0.4, -0.2) is 18.9 Å². The Morgan fingerprint density at radius 2 is 1.49 bits per heavy atom. The molecule has 1 unspecified atom stereocenters. The number of halogens is 1. The predicted molar refractivity (Wildman–Crippen MR) is 160 cm³/mol. The first-order chi connectivity index (χ1) is 19.0. The summed E-state index contributed by atoms with van der Waals surface area (Å²) in [5, 5.41) is 7.90. The molecular formula is C32H25ClN2O3S. The van der Waals surface area contributed by atoms with Crippen LogP contribution in [-0.2, 0) is 4.79 Å². The molecule has 5 aromatic carbocycles. The van der Waals surface area contributed by atoms with Crippen LogP contribution in [0.5, 0.6) is 5.75 Å². The van der Waals surface area contributed by atoms with Crippen LogP contribution in [0.1, 0.15) is 21.2 Å². The van der Waals surface area contributed by atoms with E-state index < -0.39 is 5.25 Å². The van der Waals surface area contributed by atoms with Crippen molar-refractivity contribution in [3.05, 3.63) is 131 Å². The molecule has 39 heavy (non-hydrogen) atoms. The maximum absolute atomic E-state index is 13.5. The maximum Gasteiger partial charge on any atom is 0.255 e. The topological polar surface area (TPSA) is 67.4 Å². The van der Waals surface area contributed by atoms with Crippen molar-refractivity contribution in [1.82, 2.24) is 0 Å². The van der Waals surface area contributed by atoms with Gasteiger partial charge in [-0.25, -0.2) is 0 Å². The number of hydrogen-bond acceptors (Lipinski definition) is 4. The second-order valence-corrected chi connectivity index (χ2v) is 10.4.